The second-order valence-corrected chi connectivity index (χ2v) is 6.48. The quantitative estimate of drug-likeness (QED) is 0.661. The van der Waals surface area contributed by atoms with Crippen LogP contribution in [0.1, 0.15) is 30.4 Å². The molecule has 3 heterocycles. The first kappa shape index (κ1) is 20.4. The van der Waals surface area contributed by atoms with Gasteiger partial charge in [-0.1, -0.05) is 5.16 Å². The van der Waals surface area contributed by atoms with Crippen LogP contribution in [0.25, 0.3) is 0 Å². The molecule has 3 rings (SSSR count). The Hall–Kier alpha value is -3.37. The van der Waals surface area contributed by atoms with Gasteiger partial charge in [-0.3, -0.25) is 14.5 Å². The highest BCUT2D eigenvalue weighted by Crippen LogP contribution is 2.21. The SMILES string of the molecule is CCOC(=O)CCNC(=O)C1=COC2=NC(=O)N(Cc3c(C)noc3C)CCN12. The van der Waals surface area contributed by atoms with E-state index in [1.54, 1.807) is 13.8 Å². The Morgan fingerprint density at radius 2 is 2.10 bits per heavy atom. The largest absolute Gasteiger partial charge is 0.466 e. The molecule has 1 aromatic rings. The zero-order chi connectivity index (χ0) is 21.0. The zero-order valence-electron chi connectivity index (χ0n) is 16.6. The van der Waals surface area contributed by atoms with E-state index in [2.05, 4.69) is 15.5 Å². The molecule has 0 radical (unpaired) electrons. The summed E-state index contributed by atoms with van der Waals surface area (Å²) >= 11 is 0. The molecule has 2 aliphatic heterocycles. The van der Waals surface area contributed by atoms with Crippen molar-refractivity contribution in [1.82, 2.24) is 20.3 Å². The number of hydrogen-bond donors (Lipinski definition) is 1. The first-order valence-corrected chi connectivity index (χ1v) is 9.28. The van der Waals surface area contributed by atoms with Crippen molar-refractivity contribution in [2.24, 2.45) is 4.99 Å². The number of ether oxygens (including phenoxy) is 2. The molecule has 0 aliphatic carbocycles. The van der Waals surface area contributed by atoms with Crippen LogP contribution in [0.5, 0.6) is 0 Å². The fraction of sp³-hybridized carbons (Fsp3) is 0.500. The maximum absolute atomic E-state index is 12.5. The maximum atomic E-state index is 12.5. The van der Waals surface area contributed by atoms with Crippen LogP contribution in [-0.2, 0) is 25.6 Å². The molecule has 11 heteroatoms. The van der Waals surface area contributed by atoms with Gasteiger partial charge in [0.05, 0.1) is 25.3 Å². The number of carbonyl (C=O) groups is 3. The van der Waals surface area contributed by atoms with E-state index < -0.39 is 11.9 Å². The molecule has 0 unspecified atom stereocenters. The number of aryl methyl sites for hydroxylation is 2. The summed E-state index contributed by atoms with van der Waals surface area (Å²) in [5.74, 6) is -0.168. The zero-order valence-corrected chi connectivity index (χ0v) is 16.6. The highest BCUT2D eigenvalue weighted by atomic mass is 16.5. The summed E-state index contributed by atoms with van der Waals surface area (Å²) in [7, 11) is 0. The number of hydrogen-bond acceptors (Lipinski definition) is 8. The predicted octanol–water partition coefficient (Wildman–Crippen LogP) is 0.826. The maximum Gasteiger partial charge on any atom is 0.348 e. The number of nitrogens with one attached hydrogen (secondary N) is 1. The smallest absolute Gasteiger partial charge is 0.348 e. The molecular formula is C18H23N5O6. The summed E-state index contributed by atoms with van der Waals surface area (Å²) < 4.78 is 15.3. The Morgan fingerprint density at radius 3 is 2.79 bits per heavy atom. The van der Waals surface area contributed by atoms with E-state index in [0.717, 1.165) is 5.56 Å². The first-order chi connectivity index (χ1) is 13.9. The minimum atomic E-state index is -0.472. The van der Waals surface area contributed by atoms with Gasteiger partial charge in [-0.05, 0) is 20.8 Å². The Bertz CT molecular complexity index is 855. The second-order valence-electron chi connectivity index (χ2n) is 6.48. The van der Waals surface area contributed by atoms with Crippen molar-refractivity contribution in [2.75, 3.05) is 26.2 Å². The van der Waals surface area contributed by atoms with Crippen molar-refractivity contribution < 1.29 is 28.4 Å². The van der Waals surface area contributed by atoms with E-state index in [1.807, 2.05) is 6.92 Å². The molecule has 1 aromatic heterocycles. The molecule has 1 N–H and O–H groups in total. The summed E-state index contributed by atoms with van der Waals surface area (Å²) in [6.07, 6.45) is 1.31. The summed E-state index contributed by atoms with van der Waals surface area (Å²) in [4.78, 5) is 43.3. The van der Waals surface area contributed by atoms with Crippen LogP contribution in [-0.4, -0.2) is 65.1 Å². The van der Waals surface area contributed by atoms with E-state index in [9.17, 15) is 14.4 Å². The Morgan fingerprint density at radius 1 is 1.31 bits per heavy atom. The topological polar surface area (TPSA) is 127 Å². The number of carbonyl (C=O) groups excluding carboxylic acids is 3. The molecule has 3 amide bonds. The summed E-state index contributed by atoms with van der Waals surface area (Å²) in [5.41, 5.74) is 1.76. The third-order valence-corrected chi connectivity index (χ3v) is 4.54. The van der Waals surface area contributed by atoms with Gasteiger partial charge in [0.15, 0.2) is 0 Å². The Labute approximate surface area is 167 Å². The third-order valence-electron chi connectivity index (χ3n) is 4.54. The van der Waals surface area contributed by atoms with Gasteiger partial charge < -0.3 is 24.2 Å². The number of fused-ring (bicyclic) bond motifs is 1. The molecule has 0 fully saturated rings. The fourth-order valence-electron chi connectivity index (χ4n) is 2.95. The minimum Gasteiger partial charge on any atom is -0.466 e. The van der Waals surface area contributed by atoms with E-state index in [1.165, 1.54) is 16.1 Å². The van der Waals surface area contributed by atoms with Crippen molar-refractivity contribution in [2.45, 2.75) is 33.7 Å². The molecule has 0 bridgehead atoms. The minimum absolute atomic E-state index is 0.0480. The van der Waals surface area contributed by atoms with Gasteiger partial charge in [-0.15, -0.1) is 4.99 Å². The molecular weight excluding hydrogens is 382 g/mol. The molecule has 0 saturated carbocycles. The van der Waals surface area contributed by atoms with Crippen LogP contribution < -0.4 is 5.32 Å². The highest BCUT2D eigenvalue weighted by molar-refractivity contribution is 6.01. The molecule has 2 aliphatic rings. The van der Waals surface area contributed by atoms with Crippen LogP contribution in [0.3, 0.4) is 0 Å². The molecule has 0 saturated heterocycles. The number of aliphatic imine (C=N–C) groups is 1. The Balaban J connectivity index is 1.60. The third kappa shape index (κ3) is 4.55. The molecule has 156 valence electrons. The van der Waals surface area contributed by atoms with Crippen LogP contribution >= 0.6 is 0 Å². The van der Waals surface area contributed by atoms with Crippen molar-refractivity contribution in [3.63, 3.8) is 0 Å². The van der Waals surface area contributed by atoms with E-state index in [-0.39, 0.29) is 37.3 Å². The average molecular weight is 405 g/mol. The van der Waals surface area contributed by atoms with Crippen molar-refractivity contribution in [3.05, 3.63) is 29.0 Å². The fourth-order valence-corrected chi connectivity index (χ4v) is 2.95. The van der Waals surface area contributed by atoms with Crippen molar-refractivity contribution in [3.8, 4) is 0 Å². The molecule has 11 nitrogen and oxygen atoms in total. The van der Waals surface area contributed by atoms with Crippen LogP contribution in [0.2, 0.25) is 0 Å². The van der Waals surface area contributed by atoms with Gasteiger partial charge in [-0.25, -0.2) is 4.79 Å². The van der Waals surface area contributed by atoms with Gasteiger partial charge in [0.2, 0.25) is 0 Å². The molecule has 0 atom stereocenters. The first-order valence-electron chi connectivity index (χ1n) is 9.28. The Kier molecular flexibility index (Phi) is 6.15. The second kappa shape index (κ2) is 8.76. The number of rotatable bonds is 7. The molecule has 0 spiro atoms. The van der Waals surface area contributed by atoms with E-state index >= 15 is 0 Å². The van der Waals surface area contributed by atoms with Gasteiger partial charge in [-0.2, -0.15) is 0 Å². The lowest BCUT2D eigenvalue weighted by atomic mass is 10.2. The number of amidine groups is 1. The van der Waals surface area contributed by atoms with Crippen LogP contribution in [0.15, 0.2) is 21.5 Å². The van der Waals surface area contributed by atoms with E-state index in [4.69, 9.17) is 14.0 Å². The number of esters is 1. The van der Waals surface area contributed by atoms with Crippen LogP contribution in [0.4, 0.5) is 4.79 Å². The monoisotopic (exact) mass is 405 g/mol. The molecule has 29 heavy (non-hydrogen) atoms. The van der Waals surface area contributed by atoms with Crippen molar-refractivity contribution in [1.29, 1.82) is 0 Å². The average Bonchev–Trinajstić information content (AvgIpc) is 3.17. The summed E-state index contributed by atoms with van der Waals surface area (Å²) in [5, 5.41) is 6.53. The van der Waals surface area contributed by atoms with Crippen LogP contribution in [0, 0.1) is 13.8 Å². The number of aromatic nitrogens is 1. The van der Waals surface area contributed by atoms with Gasteiger partial charge >= 0.3 is 18.0 Å². The summed E-state index contributed by atoms with van der Waals surface area (Å²) in [6.45, 7) is 6.68. The summed E-state index contributed by atoms with van der Waals surface area (Å²) in [6, 6.07) is -0.424. The lowest BCUT2D eigenvalue weighted by Crippen LogP contribution is -2.38. The standard InChI is InChI=1S/C18H23N5O6/c1-4-27-15(24)5-6-19-16(25)14-10-28-18-20-17(26)22(7-8-23(14)18)9-13-11(2)21-29-12(13)3/h10H,4-9H2,1-3H3,(H,19,25). The van der Waals surface area contributed by atoms with E-state index in [0.29, 0.717) is 31.1 Å². The van der Waals surface area contributed by atoms with Crippen molar-refractivity contribution >= 4 is 23.9 Å². The predicted molar refractivity (Wildman–Crippen MR) is 99.4 cm³/mol. The number of nitrogens with zero attached hydrogens (tertiary/aromatic N) is 4. The number of amides is 3. The lowest BCUT2D eigenvalue weighted by molar-refractivity contribution is -0.143. The highest BCUT2D eigenvalue weighted by Gasteiger charge is 2.34. The lowest BCUT2D eigenvalue weighted by Gasteiger charge is -2.21. The normalized spacial score (nSPS) is 15.9. The number of urea groups is 1. The van der Waals surface area contributed by atoms with Gasteiger partial charge in [0, 0.05) is 25.2 Å². The molecule has 0 aromatic carbocycles. The van der Waals surface area contributed by atoms with Gasteiger partial charge in [0.1, 0.15) is 17.7 Å². The van der Waals surface area contributed by atoms with Gasteiger partial charge in [0.25, 0.3) is 5.91 Å².